The van der Waals surface area contributed by atoms with Crippen molar-refractivity contribution in [1.29, 1.82) is 0 Å². The average molecular weight is 377 g/mol. The molecule has 146 valence electrons. The van der Waals surface area contributed by atoms with E-state index >= 15 is 0 Å². The van der Waals surface area contributed by atoms with Crippen molar-refractivity contribution in [2.75, 3.05) is 37.6 Å². The van der Waals surface area contributed by atoms with Gasteiger partial charge in [0, 0.05) is 44.8 Å². The minimum Gasteiger partial charge on any atom is -0.339 e. The summed E-state index contributed by atoms with van der Waals surface area (Å²) >= 11 is 0. The molecule has 4 rings (SSSR count). The first-order valence-electron chi connectivity index (χ1n) is 10.1. The molecule has 2 aliphatic heterocycles. The van der Waals surface area contributed by atoms with Gasteiger partial charge < -0.3 is 9.80 Å². The molecular weight excluding hydrogens is 350 g/mol. The number of anilines is 1. The standard InChI is InChI=1S/C23H27N3O2/c27-22-12-6-10-20-9-4-5-11-21(20)26(22)18-23(28)25-15-13-24(14-16-25)17-19-7-2-1-3-8-19/h1-5,7-9,11H,6,10,12-18H2. The Kier molecular flexibility index (Phi) is 5.72. The molecule has 0 atom stereocenters. The molecule has 2 aromatic rings. The minimum atomic E-state index is 0.0458. The number of carbonyl (C=O) groups excluding carboxylic acids is 2. The Hall–Kier alpha value is -2.66. The number of para-hydroxylation sites is 1. The quantitative estimate of drug-likeness (QED) is 0.823. The highest BCUT2D eigenvalue weighted by Crippen LogP contribution is 2.26. The molecule has 0 unspecified atom stereocenters. The second kappa shape index (κ2) is 8.57. The molecule has 0 spiro atoms. The molecule has 0 aliphatic carbocycles. The number of aryl methyl sites for hydroxylation is 1. The van der Waals surface area contributed by atoms with Crippen LogP contribution < -0.4 is 4.90 Å². The van der Waals surface area contributed by atoms with Crippen LogP contribution in [-0.4, -0.2) is 54.3 Å². The van der Waals surface area contributed by atoms with Gasteiger partial charge >= 0.3 is 0 Å². The Morgan fingerprint density at radius 1 is 0.857 bits per heavy atom. The maximum Gasteiger partial charge on any atom is 0.242 e. The third-order valence-electron chi connectivity index (χ3n) is 5.69. The number of amides is 2. The summed E-state index contributed by atoms with van der Waals surface area (Å²) in [6, 6.07) is 18.4. The summed E-state index contributed by atoms with van der Waals surface area (Å²) in [6.07, 6.45) is 2.25. The number of carbonyl (C=O) groups is 2. The average Bonchev–Trinajstić information content (AvgIpc) is 2.88. The second-order valence-corrected chi connectivity index (χ2v) is 7.60. The number of nitrogens with zero attached hydrogens (tertiary/aromatic N) is 3. The Balaban J connectivity index is 1.36. The highest BCUT2D eigenvalue weighted by atomic mass is 16.2. The van der Waals surface area contributed by atoms with Crippen molar-refractivity contribution in [2.24, 2.45) is 0 Å². The van der Waals surface area contributed by atoms with Crippen molar-refractivity contribution < 1.29 is 9.59 Å². The fraction of sp³-hybridized carbons (Fsp3) is 0.391. The molecule has 0 aromatic heterocycles. The van der Waals surface area contributed by atoms with Crippen molar-refractivity contribution in [1.82, 2.24) is 9.80 Å². The van der Waals surface area contributed by atoms with E-state index in [-0.39, 0.29) is 18.4 Å². The SMILES string of the molecule is O=C(CN1C(=O)CCCc2ccccc21)N1CCN(Cc2ccccc2)CC1. The molecule has 2 aliphatic rings. The Morgan fingerprint density at radius 3 is 2.36 bits per heavy atom. The van der Waals surface area contributed by atoms with Gasteiger partial charge in [0.05, 0.1) is 0 Å². The second-order valence-electron chi connectivity index (χ2n) is 7.60. The van der Waals surface area contributed by atoms with Crippen LogP contribution >= 0.6 is 0 Å². The molecule has 0 bridgehead atoms. The maximum atomic E-state index is 12.9. The van der Waals surface area contributed by atoms with Gasteiger partial charge in [0.15, 0.2) is 0 Å². The largest absolute Gasteiger partial charge is 0.339 e. The molecule has 1 fully saturated rings. The molecule has 2 heterocycles. The molecule has 0 N–H and O–H groups in total. The first kappa shape index (κ1) is 18.7. The first-order valence-corrected chi connectivity index (χ1v) is 10.1. The van der Waals surface area contributed by atoms with E-state index in [1.807, 2.05) is 29.2 Å². The van der Waals surface area contributed by atoms with Crippen LogP contribution in [-0.2, 0) is 22.6 Å². The maximum absolute atomic E-state index is 12.9. The van der Waals surface area contributed by atoms with Crippen molar-refractivity contribution in [3.63, 3.8) is 0 Å². The van der Waals surface area contributed by atoms with E-state index in [9.17, 15) is 9.59 Å². The van der Waals surface area contributed by atoms with Gasteiger partial charge in [-0.3, -0.25) is 14.5 Å². The molecule has 1 saturated heterocycles. The first-order chi connectivity index (χ1) is 13.7. The van der Waals surface area contributed by atoms with Crippen LogP contribution in [0.3, 0.4) is 0 Å². The van der Waals surface area contributed by atoms with E-state index in [1.54, 1.807) is 4.90 Å². The zero-order chi connectivity index (χ0) is 19.3. The molecule has 5 heteroatoms. The number of rotatable bonds is 4. The molecule has 2 aromatic carbocycles. The van der Waals surface area contributed by atoms with Crippen LogP contribution in [0.25, 0.3) is 0 Å². The highest BCUT2D eigenvalue weighted by Gasteiger charge is 2.27. The predicted molar refractivity (Wildman–Crippen MR) is 110 cm³/mol. The molecule has 5 nitrogen and oxygen atoms in total. The summed E-state index contributed by atoms with van der Waals surface area (Å²) in [7, 11) is 0. The van der Waals surface area contributed by atoms with Crippen LogP contribution in [0.1, 0.15) is 24.0 Å². The fourth-order valence-electron chi connectivity index (χ4n) is 4.09. The number of hydrogen-bond donors (Lipinski definition) is 0. The molecular formula is C23H27N3O2. The van der Waals surface area contributed by atoms with Crippen molar-refractivity contribution in [3.8, 4) is 0 Å². The van der Waals surface area contributed by atoms with E-state index in [1.165, 1.54) is 5.56 Å². The van der Waals surface area contributed by atoms with E-state index < -0.39 is 0 Å². The van der Waals surface area contributed by atoms with E-state index in [0.717, 1.165) is 56.8 Å². The van der Waals surface area contributed by atoms with Crippen LogP contribution in [0.4, 0.5) is 5.69 Å². The van der Waals surface area contributed by atoms with Gasteiger partial charge in [0.1, 0.15) is 6.54 Å². The Bertz CT molecular complexity index is 829. The topological polar surface area (TPSA) is 43.9 Å². The lowest BCUT2D eigenvalue weighted by atomic mass is 10.1. The Morgan fingerprint density at radius 2 is 1.57 bits per heavy atom. The van der Waals surface area contributed by atoms with Crippen LogP contribution in [0, 0.1) is 0 Å². The van der Waals surface area contributed by atoms with E-state index in [4.69, 9.17) is 0 Å². The summed E-state index contributed by atoms with van der Waals surface area (Å²) in [5.41, 5.74) is 3.36. The lowest BCUT2D eigenvalue weighted by Crippen LogP contribution is -2.51. The normalized spacial score (nSPS) is 17.9. The zero-order valence-electron chi connectivity index (χ0n) is 16.2. The number of fused-ring (bicyclic) bond motifs is 1. The summed E-state index contributed by atoms with van der Waals surface area (Å²) in [6.45, 7) is 4.23. The van der Waals surface area contributed by atoms with Gasteiger partial charge in [-0.15, -0.1) is 0 Å². The van der Waals surface area contributed by atoms with E-state index in [0.29, 0.717) is 6.42 Å². The third-order valence-corrected chi connectivity index (χ3v) is 5.69. The van der Waals surface area contributed by atoms with Gasteiger partial charge in [-0.1, -0.05) is 48.5 Å². The van der Waals surface area contributed by atoms with Crippen molar-refractivity contribution in [3.05, 3.63) is 65.7 Å². The monoisotopic (exact) mass is 377 g/mol. The molecule has 0 radical (unpaired) electrons. The van der Waals surface area contributed by atoms with Crippen LogP contribution in [0.2, 0.25) is 0 Å². The van der Waals surface area contributed by atoms with Gasteiger partial charge in [0.25, 0.3) is 0 Å². The summed E-state index contributed by atoms with van der Waals surface area (Å²) in [4.78, 5) is 31.5. The van der Waals surface area contributed by atoms with Crippen molar-refractivity contribution >= 4 is 17.5 Å². The molecule has 2 amide bonds. The van der Waals surface area contributed by atoms with Gasteiger partial charge in [-0.25, -0.2) is 0 Å². The van der Waals surface area contributed by atoms with Crippen molar-refractivity contribution in [2.45, 2.75) is 25.8 Å². The lowest BCUT2D eigenvalue weighted by molar-refractivity contribution is -0.133. The highest BCUT2D eigenvalue weighted by molar-refractivity contribution is 5.99. The third kappa shape index (κ3) is 4.25. The number of piperazine rings is 1. The Labute approximate surface area is 166 Å². The van der Waals surface area contributed by atoms with E-state index in [2.05, 4.69) is 35.2 Å². The van der Waals surface area contributed by atoms with Gasteiger partial charge in [-0.05, 0) is 30.0 Å². The number of benzene rings is 2. The summed E-state index contributed by atoms with van der Waals surface area (Å²) in [5.74, 6) is 0.102. The predicted octanol–water partition coefficient (Wildman–Crippen LogP) is 2.70. The summed E-state index contributed by atoms with van der Waals surface area (Å²) in [5, 5.41) is 0. The van der Waals surface area contributed by atoms with Crippen LogP contribution in [0.5, 0.6) is 0 Å². The zero-order valence-corrected chi connectivity index (χ0v) is 16.2. The summed E-state index contributed by atoms with van der Waals surface area (Å²) < 4.78 is 0. The van der Waals surface area contributed by atoms with Gasteiger partial charge in [0.2, 0.25) is 11.8 Å². The smallest absolute Gasteiger partial charge is 0.242 e. The number of hydrogen-bond acceptors (Lipinski definition) is 3. The lowest BCUT2D eigenvalue weighted by Gasteiger charge is -2.36. The fourth-order valence-corrected chi connectivity index (χ4v) is 4.09. The molecule has 0 saturated carbocycles. The molecule has 28 heavy (non-hydrogen) atoms. The minimum absolute atomic E-state index is 0.0458. The van der Waals surface area contributed by atoms with Crippen LogP contribution in [0.15, 0.2) is 54.6 Å². The van der Waals surface area contributed by atoms with Gasteiger partial charge in [-0.2, -0.15) is 0 Å².